The second-order valence-corrected chi connectivity index (χ2v) is 4.99. The number of nitro groups is 1. The molecule has 118 valence electrons. The van der Waals surface area contributed by atoms with Crippen LogP contribution in [0.4, 0.5) is 11.4 Å². The van der Waals surface area contributed by atoms with Gasteiger partial charge in [-0.3, -0.25) is 19.6 Å². The minimum Gasteiger partial charge on any atom is -0.326 e. The average Bonchev–Trinajstić information content (AvgIpc) is 2.80. The number of nitrogens with zero attached hydrogens (tertiary/aromatic N) is 4. The highest BCUT2D eigenvalue weighted by atomic mass is 16.6. The lowest BCUT2D eigenvalue weighted by atomic mass is 10.2. The fourth-order valence-electron chi connectivity index (χ4n) is 2.23. The van der Waals surface area contributed by atoms with E-state index >= 15 is 0 Å². The first-order valence-corrected chi connectivity index (χ1v) is 6.90. The van der Waals surface area contributed by atoms with Gasteiger partial charge in [0.15, 0.2) is 0 Å². The molecule has 0 aliphatic carbocycles. The molecular formula is C15H15N5O3. The van der Waals surface area contributed by atoms with Gasteiger partial charge in [0.1, 0.15) is 11.4 Å². The van der Waals surface area contributed by atoms with Crippen molar-refractivity contribution >= 4 is 17.3 Å². The first-order chi connectivity index (χ1) is 10.9. The molecule has 1 N–H and O–H groups in total. The SMILES string of the molecule is Cc1nn(CCC(=O)Nc2ccc(C#N)cc2)c(C)c1[N+](=O)[O-]. The first-order valence-electron chi connectivity index (χ1n) is 6.90. The van der Waals surface area contributed by atoms with Crippen molar-refractivity contribution in [2.24, 2.45) is 0 Å². The van der Waals surface area contributed by atoms with Crippen molar-refractivity contribution in [3.63, 3.8) is 0 Å². The summed E-state index contributed by atoms with van der Waals surface area (Å²) in [7, 11) is 0. The standard InChI is InChI=1S/C15H15N5O3/c1-10-15(20(22)23)11(2)19(18-10)8-7-14(21)17-13-5-3-12(9-16)4-6-13/h3-6H,7-8H2,1-2H3,(H,17,21). The summed E-state index contributed by atoms with van der Waals surface area (Å²) in [4.78, 5) is 22.4. The Balaban J connectivity index is 1.98. The third kappa shape index (κ3) is 3.71. The molecule has 1 aromatic heterocycles. The van der Waals surface area contributed by atoms with Gasteiger partial charge in [-0.15, -0.1) is 0 Å². The van der Waals surface area contributed by atoms with Crippen molar-refractivity contribution in [2.75, 3.05) is 5.32 Å². The van der Waals surface area contributed by atoms with E-state index in [0.29, 0.717) is 22.6 Å². The van der Waals surface area contributed by atoms with Crippen molar-refractivity contribution in [1.82, 2.24) is 9.78 Å². The van der Waals surface area contributed by atoms with Crippen molar-refractivity contribution in [3.05, 3.63) is 51.3 Å². The highest BCUT2D eigenvalue weighted by molar-refractivity contribution is 5.90. The minimum atomic E-state index is -0.467. The number of hydrogen-bond acceptors (Lipinski definition) is 5. The van der Waals surface area contributed by atoms with Crippen molar-refractivity contribution < 1.29 is 9.72 Å². The summed E-state index contributed by atoms with van der Waals surface area (Å²) in [5.74, 6) is -0.232. The van der Waals surface area contributed by atoms with Crippen LogP contribution in [0.1, 0.15) is 23.4 Å². The number of amides is 1. The largest absolute Gasteiger partial charge is 0.326 e. The van der Waals surface area contributed by atoms with Crippen molar-refractivity contribution in [1.29, 1.82) is 5.26 Å². The maximum atomic E-state index is 11.9. The number of nitrogens with one attached hydrogen (secondary N) is 1. The van der Waals surface area contributed by atoms with Crippen molar-refractivity contribution in [3.8, 4) is 6.07 Å². The van der Waals surface area contributed by atoms with E-state index in [2.05, 4.69) is 10.4 Å². The van der Waals surface area contributed by atoms with Crippen molar-refractivity contribution in [2.45, 2.75) is 26.8 Å². The van der Waals surface area contributed by atoms with Crippen LogP contribution in [0, 0.1) is 35.3 Å². The topological polar surface area (TPSA) is 114 Å². The normalized spacial score (nSPS) is 10.1. The maximum absolute atomic E-state index is 11.9. The molecule has 0 aliphatic heterocycles. The van der Waals surface area contributed by atoms with E-state index in [-0.39, 0.29) is 24.6 Å². The van der Waals surface area contributed by atoms with Gasteiger partial charge in [0.25, 0.3) is 0 Å². The molecule has 0 bridgehead atoms. The zero-order valence-corrected chi connectivity index (χ0v) is 12.7. The minimum absolute atomic E-state index is 0.0162. The second-order valence-electron chi connectivity index (χ2n) is 4.99. The Labute approximate surface area is 132 Å². The van der Waals surface area contributed by atoms with Crippen LogP contribution in [0.5, 0.6) is 0 Å². The van der Waals surface area contributed by atoms with Crippen LogP contribution >= 0.6 is 0 Å². The zero-order valence-electron chi connectivity index (χ0n) is 12.7. The highest BCUT2D eigenvalue weighted by Crippen LogP contribution is 2.21. The molecule has 0 spiro atoms. The van der Waals surface area contributed by atoms with Crippen LogP contribution in [0.15, 0.2) is 24.3 Å². The molecule has 8 heteroatoms. The molecule has 2 aromatic rings. The number of anilines is 1. The molecule has 0 atom stereocenters. The summed E-state index contributed by atoms with van der Waals surface area (Å²) in [5.41, 5.74) is 1.85. The molecule has 0 aliphatic rings. The molecule has 0 saturated heterocycles. The van der Waals surface area contributed by atoms with E-state index in [9.17, 15) is 14.9 Å². The molecule has 1 aromatic carbocycles. The zero-order chi connectivity index (χ0) is 17.0. The van der Waals surface area contributed by atoms with Crippen LogP contribution in [-0.4, -0.2) is 20.6 Å². The summed E-state index contributed by atoms with van der Waals surface area (Å²) < 4.78 is 1.46. The Hall–Kier alpha value is -3.21. The number of carbonyl (C=O) groups is 1. The average molecular weight is 313 g/mol. The summed E-state index contributed by atoms with van der Waals surface area (Å²) >= 11 is 0. The van der Waals surface area contributed by atoms with Gasteiger partial charge in [-0.05, 0) is 38.1 Å². The summed E-state index contributed by atoms with van der Waals surface area (Å²) in [6, 6.07) is 8.51. The Morgan fingerprint density at radius 1 is 1.39 bits per heavy atom. The van der Waals surface area contributed by atoms with E-state index < -0.39 is 4.92 Å². The van der Waals surface area contributed by atoms with Gasteiger partial charge in [-0.1, -0.05) is 0 Å². The van der Waals surface area contributed by atoms with Gasteiger partial charge in [0.05, 0.1) is 23.1 Å². The number of carbonyl (C=O) groups excluding carboxylic acids is 1. The highest BCUT2D eigenvalue weighted by Gasteiger charge is 2.21. The second kappa shape index (κ2) is 6.70. The maximum Gasteiger partial charge on any atom is 0.312 e. The van der Waals surface area contributed by atoms with Crippen LogP contribution in [-0.2, 0) is 11.3 Å². The third-order valence-electron chi connectivity index (χ3n) is 3.37. The number of aryl methyl sites for hydroxylation is 2. The molecule has 0 radical (unpaired) electrons. The predicted molar refractivity (Wildman–Crippen MR) is 82.8 cm³/mol. The Morgan fingerprint density at radius 2 is 2.04 bits per heavy atom. The monoisotopic (exact) mass is 313 g/mol. The number of benzene rings is 1. The van der Waals surface area contributed by atoms with Crippen LogP contribution in [0.2, 0.25) is 0 Å². The number of aromatic nitrogens is 2. The molecule has 1 heterocycles. The molecule has 0 fully saturated rings. The Kier molecular flexibility index (Phi) is 4.71. The van der Waals surface area contributed by atoms with E-state index in [1.165, 1.54) is 4.68 Å². The molecular weight excluding hydrogens is 298 g/mol. The number of rotatable bonds is 5. The summed E-state index contributed by atoms with van der Waals surface area (Å²) in [6.07, 6.45) is 0.138. The summed E-state index contributed by atoms with van der Waals surface area (Å²) in [6.45, 7) is 3.43. The number of nitriles is 1. The van der Waals surface area contributed by atoms with Gasteiger partial charge in [0.2, 0.25) is 5.91 Å². The Morgan fingerprint density at radius 3 is 2.57 bits per heavy atom. The van der Waals surface area contributed by atoms with E-state index in [1.54, 1.807) is 38.1 Å². The van der Waals surface area contributed by atoms with E-state index in [1.807, 2.05) is 6.07 Å². The van der Waals surface area contributed by atoms with Crippen LogP contribution in [0.25, 0.3) is 0 Å². The Bertz CT molecular complexity index is 787. The molecule has 0 unspecified atom stereocenters. The van der Waals surface area contributed by atoms with Gasteiger partial charge >= 0.3 is 5.69 Å². The van der Waals surface area contributed by atoms with E-state index in [4.69, 9.17) is 5.26 Å². The fraction of sp³-hybridized carbons (Fsp3) is 0.267. The molecule has 8 nitrogen and oxygen atoms in total. The smallest absolute Gasteiger partial charge is 0.312 e. The van der Waals surface area contributed by atoms with Crippen LogP contribution < -0.4 is 5.32 Å². The fourth-order valence-corrected chi connectivity index (χ4v) is 2.23. The van der Waals surface area contributed by atoms with Crippen LogP contribution in [0.3, 0.4) is 0 Å². The van der Waals surface area contributed by atoms with Gasteiger partial charge < -0.3 is 5.32 Å². The first kappa shape index (κ1) is 16.2. The summed E-state index contributed by atoms with van der Waals surface area (Å²) in [5, 5.41) is 26.4. The molecule has 23 heavy (non-hydrogen) atoms. The van der Waals surface area contributed by atoms with Gasteiger partial charge in [0, 0.05) is 12.1 Å². The van der Waals surface area contributed by atoms with E-state index in [0.717, 1.165) is 0 Å². The molecule has 1 amide bonds. The lowest BCUT2D eigenvalue weighted by Gasteiger charge is -2.06. The molecule has 0 saturated carbocycles. The third-order valence-corrected chi connectivity index (χ3v) is 3.37. The molecule has 2 rings (SSSR count). The quantitative estimate of drug-likeness (QED) is 0.672. The lowest BCUT2D eigenvalue weighted by molar-refractivity contribution is -0.386. The van der Waals surface area contributed by atoms with Gasteiger partial charge in [-0.2, -0.15) is 10.4 Å². The lowest BCUT2D eigenvalue weighted by Crippen LogP contribution is -2.15. The number of hydrogen-bond donors (Lipinski definition) is 1. The van der Waals surface area contributed by atoms with Gasteiger partial charge in [-0.25, -0.2) is 0 Å². The predicted octanol–water partition coefficient (Wildman–Crippen LogP) is 2.31.